The van der Waals surface area contributed by atoms with Crippen molar-refractivity contribution in [3.05, 3.63) is 52.3 Å². The maximum Gasteiger partial charge on any atom is 0.258 e. The zero-order valence-electron chi connectivity index (χ0n) is 12.6. The van der Waals surface area contributed by atoms with Crippen molar-refractivity contribution in [3.8, 4) is 0 Å². The number of amides is 1. The van der Waals surface area contributed by atoms with Crippen LogP contribution in [0.1, 0.15) is 24.4 Å². The average molecular weight is 312 g/mol. The molecular formula is C16H16N4O3. The third-order valence-corrected chi connectivity index (χ3v) is 3.37. The van der Waals surface area contributed by atoms with Crippen molar-refractivity contribution in [2.24, 2.45) is 0 Å². The summed E-state index contributed by atoms with van der Waals surface area (Å²) in [6.45, 7) is 1.75. The van der Waals surface area contributed by atoms with Crippen LogP contribution in [0.5, 0.6) is 0 Å². The molecule has 2 heterocycles. The molecule has 0 bridgehead atoms. The standard InChI is InChI=1S/C16H16N4O3/c1-10-9-14(20-23-10)18-15(21)8-4-7-13-17-12-6-3-2-5-11(12)16(22)19-13/h2-3,5-6,9H,4,7-8H2,1H3,(H,17,19,22)(H,18,20,21). The molecule has 0 saturated heterocycles. The Kier molecular flexibility index (Phi) is 4.18. The van der Waals surface area contributed by atoms with E-state index in [0.717, 1.165) is 0 Å². The third kappa shape index (κ3) is 3.63. The van der Waals surface area contributed by atoms with Crippen molar-refractivity contribution in [1.29, 1.82) is 0 Å². The predicted octanol–water partition coefficient (Wildman–Crippen LogP) is 2.18. The van der Waals surface area contributed by atoms with E-state index in [2.05, 4.69) is 20.4 Å². The smallest absolute Gasteiger partial charge is 0.258 e. The zero-order valence-corrected chi connectivity index (χ0v) is 12.6. The molecule has 0 unspecified atom stereocenters. The number of anilines is 1. The van der Waals surface area contributed by atoms with Gasteiger partial charge in [0, 0.05) is 18.9 Å². The molecular weight excluding hydrogens is 296 g/mol. The van der Waals surface area contributed by atoms with Gasteiger partial charge in [0.2, 0.25) is 5.91 Å². The number of nitrogens with one attached hydrogen (secondary N) is 2. The fraction of sp³-hybridized carbons (Fsp3) is 0.250. The second-order valence-corrected chi connectivity index (χ2v) is 5.25. The Labute approximate surface area is 131 Å². The molecule has 2 N–H and O–H groups in total. The van der Waals surface area contributed by atoms with Gasteiger partial charge < -0.3 is 14.8 Å². The number of nitrogens with zero attached hydrogens (tertiary/aromatic N) is 2. The van der Waals surface area contributed by atoms with Crippen LogP contribution in [-0.2, 0) is 11.2 Å². The molecule has 0 aliphatic heterocycles. The second kappa shape index (κ2) is 6.43. The maximum atomic E-state index is 11.9. The lowest BCUT2D eigenvalue weighted by Crippen LogP contribution is -2.14. The van der Waals surface area contributed by atoms with Gasteiger partial charge in [-0.3, -0.25) is 9.59 Å². The monoisotopic (exact) mass is 312 g/mol. The number of aromatic amines is 1. The summed E-state index contributed by atoms with van der Waals surface area (Å²) in [6, 6.07) is 8.83. The molecule has 118 valence electrons. The minimum absolute atomic E-state index is 0.151. The van der Waals surface area contributed by atoms with Gasteiger partial charge in [-0.25, -0.2) is 4.98 Å². The summed E-state index contributed by atoms with van der Waals surface area (Å²) < 4.78 is 4.88. The van der Waals surface area contributed by atoms with Crippen LogP contribution in [-0.4, -0.2) is 21.0 Å². The molecule has 23 heavy (non-hydrogen) atoms. The molecule has 0 aliphatic carbocycles. The molecule has 1 aromatic carbocycles. The molecule has 3 rings (SSSR count). The average Bonchev–Trinajstić information content (AvgIpc) is 2.92. The molecule has 1 amide bonds. The number of para-hydroxylation sites is 1. The highest BCUT2D eigenvalue weighted by Crippen LogP contribution is 2.09. The van der Waals surface area contributed by atoms with E-state index in [1.54, 1.807) is 31.2 Å². The van der Waals surface area contributed by atoms with Gasteiger partial charge in [-0.05, 0) is 25.5 Å². The summed E-state index contributed by atoms with van der Waals surface area (Å²) >= 11 is 0. The van der Waals surface area contributed by atoms with E-state index in [1.165, 1.54) is 0 Å². The molecule has 2 aromatic heterocycles. The Morgan fingerprint density at radius 1 is 1.35 bits per heavy atom. The first-order chi connectivity index (χ1) is 11.1. The van der Waals surface area contributed by atoms with Gasteiger partial charge in [0.05, 0.1) is 10.9 Å². The fourth-order valence-electron chi connectivity index (χ4n) is 2.30. The minimum Gasteiger partial charge on any atom is -0.360 e. The summed E-state index contributed by atoms with van der Waals surface area (Å²) in [4.78, 5) is 30.9. The van der Waals surface area contributed by atoms with Gasteiger partial charge in [-0.15, -0.1) is 0 Å². The first-order valence-corrected chi connectivity index (χ1v) is 7.33. The molecule has 0 fully saturated rings. The second-order valence-electron chi connectivity index (χ2n) is 5.25. The first-order valence-electron chi connectivity index (χ1n) is 7.33. The van der Waals surface area contributed by atoms with Crippen LogP contribution in [0.4, 0.5) is 5.82 Å². The number of H-pyrrole nitrogens is 1. The van der Waals surface area contributed by atoms with E-state index in [4.69, 9.17) is 4.52 Å². The number of benzene rings is 1. The van der Waals surface area contributed by atoms with E-state index in [1.807, 2.05) is 6.07 Å². The van der Waals surface area contributed by atoms with E-state index >= 15 is 0 Å². The molecule has 3 aromatic rings. The minimum atomic E-state index is -0.159. The van der Waals surface area contributed by atoms with Crippen LogP contribution >= 0.6 is 0 Å². The molecule has 0 spiro atoms. The number of rotatable bonds is 5. The van der Waals surface area contributed by atoms with Crippen LogP contribution in [0.2, 0.25) is 0 Å². The van der Waals surface area contributed by atoms with Crippen molar-refractivity contribution >= 4 is 22.6 Å². The molecule has 0 radical (unpaired) electrons. The highest BCUT2D eigenvalue weighted by Gasteiger charge is 2.08. The largest absolute Gasteiger partial charge is 0.360 e. The summed E-state index contributed by atoms with van der Waals surface area (Å²) in [5, 5.41) is 6.92. The van der Waals surface area contributed by atoms with Crippen molar-refractivity contribution in [2.45, 2.75) is 26.2 Å². The Morgan fingerprint density at radius 3 is 2.96 bits per heavy atom. The molecule has 0 atom stereocenters. The van der Waals surface area contributed by atoms with Crippen LogP contribution in [0, 0.1) is 6.92 Å². The predicted molar refractivity (Wildman–Crippen MR) is 85.2 cm³/mol. The number of carbonyl (C=O) groups is 1. The van der Waals surface area contributed by atoms with Crippen LogP contribution in [0.3, 0.4) is 0 Å². The molecule has 0 saturated carbocycles. The van der Waals surface area contributed by atoms with Crippen LogP contribution in [0.15, 0.2) is 39.6 Å². The number of aromatic nitrogens is 3. The number of hydrogen-bond donors (Lipinski definition) is 2. The maximum absolute atomic E-state index is 11.9. The SMILES string of the molecule is Cc1cc(NC(=O)CCCc2nc3ccccc3c(=O)[nH]2)no1. The van der Waals surface area contributed by atoms with E-state index in [-0.39, 0.29) is 11.5 Å². The zero-order chi connectivity index (χ0) is 16.2. The lowest BCUT2D eigenvalue weighted by molar-refractivity contribution is -0.116. The highest BCUT2D eigenvalue weighted by molar-refractivity contribution is 5.89. The van der Waals surface area contributed by atoms with Crippen LogP contribution in [0.25, 0.3) is 10.9 Å². The number of carbonyl (C=O) groups excluding carboxylic acids is 1. The van der Waals surface area contributed by atoms with Gasteiger partial charge in [0.15, 0.2) is 5.82 Å². The first kappa shape index (κ1) is 15.0. The van der Waals surface area contributed by atoms with E-state index in [9.17, 15) is 9.59 Å². The third-order valence-electron chi connectivity index (χ3n) is 3.37. The van der Waals surface area contributed by atoms with Gasteiger partial charge in [0.25, 0.3) is 5.56 Å². The number of fused-ring (bicyclic) bond motifs is 1. The summed E-state index contributed by atoms with van der Waals surface area (Å²) in [5.74, 6) is 1.48. The number of hydrogen-bond acceptors (Lipinski definition) is 5. The Bertz CT molecular complexity index is 897. The fourth-order valence-corrected chi connectivity index (χ4v) is 2.30. The summed E-state index contributed by atoms with van der Waals surface area (Å²) in [7, 11) is 0. The van der Waals surface area contributed by atoms with Crippen molar-refractivity contribution < 1.29 is 9.32 Å². The summed E-state index contributed by atoms with van der Waals surface area (Å²) in [5.41, 5.74) is 0.502. The van der Waals surface area contributed by atoms with E-state index in [0.29, 0.717) is 47.6 Å². The quantitative estimate of drug-likeness (QED) is 0.752. The normalized spacial score (nSPS) is 10.8. The molecule has 7 heteroatoms. The topological polar surface area (TPSA) is 101 Å². The van der Waals surface area contributed by atoms with Gasteiger partial charge in [-0.2, -0.15) is 0 Å². The summed E-state index contributed by atoms with van der Waals surface area (Å²) in [6.07, 6.45) is 1.40. The van der Waals surface area contributed by atoms with Gasteiger partial charge >= 0.3 is 0 Å². The lowest BCUT2D eigenvalue weighted by atomic mass is 10.2. The van der Waals surface area contributed by atoms with Crippen molar-refractivity contribution in [3.63, 3.8) is 0 Å². The highest BCUT2D eigenvalue weighted by atomic mass is 16.5. The molecule has 7 nitrogen and oxygen atoms in total. The van der Waals surface area contributed by atoms with Crippen molar-refractivity contribution in [1.82, 2.24) is 15.1 Å². The Morgan fingerprint density at radius 2 is 2.17 bits per heavy atom. The number of aryl methyl sites for hydroxylation is 2. The Hall–Kier alpha value is -2.96. The van der Waals surface area contributed by atoms with E-state index < -0.39 is 0 Å². The van der Waals surface area contributed by atoms with Crippen LogP contribution < -0.4 is 10.9 Å². The molecule has 0 aliphatic rings. The Balaban J connectivity index is 1.58. The van der Waals surface area contributed by atoms with Gasteiger partial charge in [0.1, 0.15) is 11.6 Å². The van der Waals surface area contributed by atoms with Gasteiger partial charge in [-0.1, -0.05) is 17.3 Å². The lowest BCUT2D eigenvalue weighted by Gasteiger charge is -2.03. The van der Waals surface area contributed by atoms with Crippen molar-refractivity contribution in [2.75, 3.05) is 5.32 Å².